The normalized spacial score (nSPS) is 10.8. The molecule has 4 aromatic rings. The van der Waals surface area contributed by atoms with Crippen LogP contribution in [0.2, 0.25) is 0 Å². The van der Waals surface area contributed by atoms with Crippen molar-refractivity contribution in [1.29, 1.82) is 0 Å². The predicted octanol–water partition coefficient (Wildman–Crippen LogP) is 4.77. The average Bonchev–Trinajstić information content (AvgIpc) is 2.90. The number of benzene rings is 2. The van der Waals surface area contributed by atoms with Gasteiger partial charge in [0.1, 0.15) is 0 Å². The first-order valence-electron chi connectivity index (χ1n) is 12.4. The summed E-state index contributed by atoms with van der Waals surface area (Å²) in [4.78, 5) is 25.0. The lowest BCUT2D eigenvalue weighted by Crippen LogP contribution is -2.15. The van der Waals surface area contributed by atoms with E-state index in [2.05, 4.69) is 38.6 Å². The minimum absolute atomic E-state index is 0.0521. The summed E-state index contributed by atoms with van der Waals surface area (Å²) in [5.74, 6) is 1.38. The number of carbonyl (C=O) groups is 1. The molecule has 2 aromatic carbocycles. The molecule has 0 fully saturated rings. The van der Waals surface area contributed by atoms with Crippen LogP contribution in [0.25, 0.3) is 10.9 Å². The van der Waals surface area contributed by atoms with E-state index >= 15 is 0 Å². The van der Waals surface area contributed by atoms with Crippen molar-refractivity contribution in [3.63, 3.8) is 0 Å². The van der Waals surface area contributed by atoms with Gasteiger partial charge in [-0.15, -0.1) is 0 Å². The van der Waals surface area contributed by atoms with Crippen LogP contribution in [-0.4, -0.2) is 34.1 Å². The van der Waals surface area contributed by atoms with E-state index in [1.807, 2.05) is 38.1 Å². The van der Waals surface area contributed by atoms with Crippen LogP contribution in [0.5, 0.6) is 11.5 Å². The number of aromatic nitrogens is 3. The molecule has 2 heterocycles. The van der Waals surface area contributed by atoms with E-state index in [4.69, 9.17) is 15.2 Å². The Hall–Kier alpha value is -4.40. The second kappa shape index (κ2) is 12.0. The van der Waals surface area contributed by atoms with Crippen molar-refractivity contribution in [2.24, 2.45) is 5.73 Å². The number of hydrogen-bond acceptors (Lipinski definition) is 8. The highest BCUT2D eigenvalue weighted by Gasteiger charge is 2.17. The standard InChI is InChI=1S/C28H32N6O3/c1-4-20-18(16-33-28-30-11-8-12-31-28)9-7-10-22(20)34-27-19(13-26(29)35)17-32-23-15-25(37-6-3)24(36-5-2)14-21(23)27/h7-12,14-15,17H,4-6,13,16H2,1-3H3,(H2,29,35)(H,32,34)(H,30,31,33). The van der Waals surface area contributed by atoms with E-state index in [-0.39, 0.29) is 6.42 Å². The highest BCUT2D eigenvalue weighted by molar-refractivity contribution is 5.98. The highest BCUT2D eigenvalue weighted by atomic mass is 16.5. The summed E-state index contributed by atoms with van der Waals surface area (Å²) in [6.45, 7) is 7.52. The quantitative estimate of drug-likeness (QED) is 0.254. The van der Waals surface area contributed by atoms with Gasteiger partial charge in [-0.2, -0.15) is 0 Å². The van der Waals surface area contributed by atoms with Gasteiger partial charge in [0, 0.05) is 47.8 Å². The first-order chi connectivity index (χ1) is 18.0. The zero-order valence-electron chi connectivity index (χ0n) is 21.4. The van der Waals surface area contributed by atoms with Crippen molar-refractivity contribution in [3.05, 3.63) is 71.7 Å². The van der Waals surface area contributed by atoms with Crippen LogP contribution < -0.4 is 25.8 Å². The summed E-state index contributed by atoms with van der Waals surface area (Å²) in [7, 11) is 0. The van der Waals surface area contributed by atoms with E-state index in [0.717, 1.165) is 39.8 Å². The Morgan fingerprint density at radius 3 is 2.35 bits per heavy atom. The predicted molar refractivity (Wildman–Crippen MR) is 145 cm³/mol. The van der Waals surface area contributed by atoms with Crippen LogP contribution in [0.4, 0.5) is 17.3 Å². The Bertz CT molecular complexity index is 1380. The summed E-state index contributed by atoms with van der Waals surface area (Å²) in [6.07, 6.45) is 5.95. The number of nitrogens with two attached hydrogens (primary N) is 1. The smallest absolute Gasteiger partial charge is 0.222 e. The van der Waals surface area contributed by atoms with Gasteiger partial charge < -0.3 is 25.8 Å². The number of nitrogens with one attached hydrogen (secondary N) is 2. The van der Waals surface area contributed by atoms with Gasteiger partial charge in [-0.25, -0.2) is 9.97 Å². The fraction of sp³-hybridized carbons (Fsp3) is 0.286. The Morgan fingerprint density at radius 2 is 1.68 bits per heavy atom. The first kappa shape index (κ1) is 25.7. The third-order valence-corrected chi connectivity index (χ3v) is 5.87. The maximum Gasteiger partial charge on any atom is 0.222 e. The number of primary amides is 1. The van der Waals surface area contributed by atoms with Gasteiger partial charge in [0.15, 0.2) is 11.5 Å². The lowest BCUT2D eigenvalue weighted by Gasteiger charge is -2.20. The zero-order chi connectivity index (χ0) is 26.2. The van der Waals surface area contributed by atoms with E-state index in [1.165, 1.54) is 0 Å². The van der Waals surface area contributed by atoms with Crippen LogP contribution >= 0.6 is 0 Å². The molecule has 0 radical (unpaired) electrons. The van der Waals surface area contributed by atoms with Crippen LogP contribution in [0.3, 0.4) is 0 Å². The topological polar surface area (TPSA) is 124 Å². The molecule has 0 saturated heterocycles. The molecule has 4 rings (SSSR count). The van der Waals surface area contributed by atoms with Crippen LogP contribution in [0.1, 0.15) is 37.5 Å². The molecule has 9 heteroatoms. The summed E-state index contributed by atoms with van der Waals surface area (Å²) in [5.41, 5.74) is 11.0. The second-order valence-corrected chi connectivity index (χ2v) is 8.33. The van der Waals surface area contributed by atoms with Crippen molar-refractivity contribution in [2.45, 2.75) is 40.2 Å². The van der Waals surface area contributed by atoms with E-state index in [0.29, 0.717) is 42.8 Å². The van der Waals surface area contributed by atoms with Crippen LogP contribution in [-0.2, 0) is 24.2 Å². The molecule has 0 aliphatic heterocycles. The molecule has 0 aliphatic carbocycles. The number of anilines is 3. The van der Waals surface area contributed by atoms with Crippen LogP contribution in [0.15, 0.2) is 55.0 Å². The Kier molecular flexibility index (Phi) is 8.35. The number of nitrogens with zero attached hydrogens (tertiary/aromatic N) is 3. The maximum atomic E-state index is 11.9. The summed E-state index contributed by atoms with van der Waals surface area (Å²) in [6, 6.07) is 11.7. The number of hydrogen-bond donors (Lipinski definition) is 3. The van der Waals surface area contributed by atoms with Crippen LogP contribution in [0, 0.1) is 0 Å². The van der Waals surface area contributed by atoms with Crippen molar-refractivity contribution < 1.29 is 14.3 Å². The summed E-state index contributed by atoms with van der Waals surface area (Å²) >= 11 is 0. The first-order valence-corrected chi connectivity index (χ1v) is 12.4. The third kappa shape index (κ3) is 6.06. The molecule has 0 saturated carbocycles. The van der Waals surface area contributed by atoms with Crippen molar-refractivity contribution >= 4 is 34.1 Å². The van der Waals surface area contributed by atoms with Crippen molar-refractivity contribution in [3.8, 4) is 11.5 Å². The van der Waals surface area contributed by atoms with Gasteiger partial charge in [-0.05, 0) is 49.6 Å². The molecule has 1 amide bonds. The molecule has 0 spiro atoms. The van der Waals surface area contributed by atoms with Gasteiger partial charge in [0.05, 0.1) is 30.8 Å². The van der Waals surface area contributed by atoms with Gasteiger partial charge in [0.2, 0.25) is 11.9 Å². The second-order valence-electron chi connectivity index (χ2n) is 8.33. The average molecular weight is 501 g/mol. The summed E-state index contributed by atoms with van der Waals surface area (Å²) < 4.78 is 11.7. The highest BCUT2D eigenvalue weighted by Crippen LogP contribution is 2.38. The molecular weight excluding hydrogens is 468 g/mol. The lowest BCUT2D eigenvalue weighted by atomic mass is 10.0. The number of ether oxygens (including phenoxy) is 2. The number of fused-ring (bicyclic) bond motifs is 1. The minimum atomic E-state index is -0.434. The van der Waals surface area contributed by atoms with E-state index < -0.39 is 5.91 Å². The number of amides is 1. The monoisotopic (exact) mass is 500 g/mol. The number of rotatable bonds is 12. The third-order valence-electron chi connectivity index (χ3n) is 5.87. The summed E-state index contributed by atoms with van der Waals surface area (Å²) in [5, 5.41) is 7.69. The molecule has 9 nitrogen and oxygen atoms in total. The Morgan fingerprint density at radius 1 is 0.946 bits per heavy atom. The lowest BCUT2D eigenvalue weighted by molar-refractivity contribution is -0.117. The number of carbonyl (C=O) groups excluding carboxylic acids is 1. The molecule has 0 bridgehead atoms. The molecule has 0 aliphatic rings. The van der Waals surface area contributed by atoms with Gasteiger partial charge >= 0.3 is 0 Å². The SMILES string of the molecule is CCOc1cc2ncc(CC(N)=O)c(Nc3cccc(CNc4ncccn4)c3CC)c2cc1OCC. The molecule has 37 heavy (non-hydrogen) atoms. The Labute approximate surface area is 216 Å². The molecule has 0 unspecified atom stereocenters. The van der Waals surface area contributed by atoms with E-state index in [9.17, 15) is 4.79 Å². The Balaban J connectivity index is 1.78. The fourth-order valence-electron chi connectivity index (χ4n) is 4.28. The zero-order valence-corrected chi connectivity index (χ0v) is 21.4. The molecule has 0 atom stereocenters. The van der Waals surface area contributed by atoms with Crippen molar-refractivity contribution in [2.75, 3.05) is 23.8 Å². The van der Waals surface area contributed by atoms with Crippen molar-refractivity contribution in [1.82, 2.24) is 15.0 Å². The maximum absolute atomic E-state index is 11.9. The van der Waals surface area contributed by atoms with E-state index in [1.54, 1.807) is 24.7 Å². The molecule has 2 aromatic heterocycles. The fourth-order valence-corrected chi connectivity index (χ4v) is 4.28. The largest absolute Gasteiger partial charge is 0.490 e. The molecule has 192 valence electrons. The molecule has 4 N–H and O–H groups in total. The molecular formula is C28H32N6O3. The van der Waals surface area contributed by atoms with Gasteiger partial charge in [-0.3, -0.25) is 9.78 Å². The van der Waals surface area contributed by atoms with Gasteiger partial charge in [-0.1, -0.05) is 19.1 Å². The minimum Gasteiger partial charge on any atom is -0.490 e. The number of pyridine rings is 1. The van der Waals surface area contributed by atoms with Gasteiger partial charge in [0.25, 0.3) is 0 Å².